The van der Waals surface area contributed by atoms with Crippen LogP contribution in [0.25, 0.3) is 11.2 Å². The molecule has 0 unspecified atom stereocenters. The summed E-state index contributed by atoms with van der Waals surface area (Å²) in [6, 6.07) is 0. The van der Waals surface area contributed by atoms with E-state index >= 15 is 0 Å². The molecular formula is C23H35Cl3N4O2. The third-order valence-electron chi connectivity index (χ3n) is 5.72. The molecule has 0 saturated carbocycles. The lowest BCUT2D eigenvalue weighted by Gasteiger charge is -2.08. The van der Waals surface area contributed by atoms with Gasteiger partial charge >= 0.3 is 5.97 Å². The summed E-state index contributed by atoms with van der Waals surface area (Å²) in [4.78, 5) is 23.7. The normalized spacial score (nSPS) is 11.4. The Kier molecular flexibility index (Phi) is 13.3. The summed E-state index contributed by atoms with van der Waals surface area (Å²) in [6.07, 6.45) is 16.4. The van der Waals surface area contributed by atoms with Crippen LogP contribution in [0.5, 0.6) is 0 Å². The molecule has 9 heteroatoms. The lowest BCUT2D eigenvalue weighted by Crippen LogP contribution is -2.03. The molecule has 0 spiro atoms. The molecule has 0 N–H and O–H groups in total. The molecule has 2 heterocycles. The Morgan fingerprint density at radius 1 is 0.812 bits per heavy atom. The molecule has 0 radical (unpaired) electrons. The predicted octanol–water partition coefficient (Wildman–Crippen LogP) is 7.51. The van der Waals surface area contributed by atoms with Crippen LogP contribution in [-0.4, -0.2) is 32.6 Å². The van der Waals surface area contributed by atoms with E-state index in [1.165, 1.54) is 71.3 Å². The van der Waals surface area contributed by atoms with E-state index in [1.807, 2.05) is 4.57 Å². The predicted molar refractivity (Wildman–Crippen MR) is 132 cm³/mol. The van der Waals surface area contributed by atoms with Crippen molar-refractivity contribution in [2.45, 2.75) is 102 Å². The van der Waals surface area contributed by atoms with Crippen molar-refractivity contribution in [3.05, 3.63) is 16.3 Å². The van der Waals surface area contributed by atoms with E-state index in [-0.39, 0.29) is 11.3 Å². The Labute approximate surface area is 206 Å². The van der Waals surface area contributed by atoms with Gasteiger partial charge in [0.1, 0.15) is 11.3 Å². The van der Waals surface area contributed by atoms with E-state index in [4.69, 9.17) is 34.8 Å². The maximum absolute atomic E-state index is 11.0. The zero-order valence-electron chi connectivity index (χ0n) is 19.1. The molecule has 0 fully saturated rings. The minimum absolute atomic E-state index is 0.0930. The summed E-state index contributed by atoms with van der Waals surface area (Å²) < 4.78 is 6.68. The number of nitrogens with zero attached hydrogens (tertiary/aromatic N) is 4. The van der Waals surface area contributed by atoms with Crippen LogP contribution in [0.2, 0.25) is 10.4 Å². The highest BCUT2D eigenvalue weighted by Gasteiger charge is 2.16. The third-order valence-corrected chi connectivity index (χ3v) is 6.39. The number of fused-ring (bicyclic) bond motifs is 1. The number of hydrogen-bond acceptors (Lipinski definition) is 5. The van der Waals surface area contributed by atoms with Gasteiger partial charge in [-0.2, -0.15) is 4.98 Å². The molecule has 0 aliphatic heterocycles. The fraction of sp³-hybridized carbons (Fsp3) is 0.739. The highest BCUT2D eigenvalue weighted by atomic mass is 35.5. The topological polar surface area (TPSA) is 69.9 Å². The molecule has 2 aromatic rings. The highest BCUT2D eigenvalue weighted by molar-refractivity contribution is 6.35. The zero-order chi connectivity index (χ0) is 23.2. The fourth-order valence-electron chi connectivity index (χ4n) is 3.94. The van der Waals surface area contributed by atoms with Gasteiger partial charge in [-0.1, -0.05) is 82.2 Å². The molecule has 0 aromatic carbocycles. The van der Waals surface area contributed by atoms with Crippen molar-refractivity contribution in [3.8, 4) is 0 Å². The maximum Gasteiger partial charge on any atom is 0.305 e. The first-order valence-electron chi connectivity index (χ1n) is 11.8. The number of carbonyl (C=O) groups excluding carboxylic acids is 1. The van der Waals surface area contributed by atoms with Crippen molar-refractivity contribution in [3.63, 3.8) is 0 Å². The average Bonchev–Trinajstić information content (AvgIpc) is 3.13. The van der Waals surface area contributed by atoms with Gasteiger partial charge in [0.25, 0.3) is 0 Å². The largest absolute Gasteiger partial charge is 0.469 e. The van der Waals surface area contributed by atoms with E-state index in [0.29, 0.717) is 23.1 Å². The standard InChI is InChI=1S/C23H35Cl3N4O2/c1-32-19(31)15-13-11-9-7-5-3-2-4-6-8-10-12-14-16-30-18(17-24)27-22-20(30)21(25)28-23(26)29-22/h2-17H2,1H3. The van der Waals surface area contributed by atoms with Crippen LogP contribution < -0.4 is 0 Å². The number of ether oxygens (including phenoxy) is 1. The molecule has 0 bridgehead atoms. The van der Waals surface area contributed by atoms with Gasteiger partial charge in [0, 0.05) is 13.0 Å². The second-order valence-corrected chi connectivity index (χ2v) is 9.15. The fourth-order valence-corrected chi connectivity index (χ4v) is 4.62. The van der Waals surface area contributed by atoms with E-state index in [1.54, 1.807) is 0 Å². The molecule has 2 aromatic heterocycles. The number of hydrogen-bond donors (Lipinski definition) is 0. The second-order valence-electron chi connectivity index (χ2n) is 8.19. The first kappa shape index (κ1) is 27.1. The van der Waals surface area contributed by atoms with Crippen molar-refractivity contribution >= 4 is 51.9 Å². The summed E-state index contributed by atoms with van der Waals surface area (Å²) in [7, 11) is 1.45. The number of carbonyl (C=O) groups is 1. The van der Waals surface area contributed by atoms with Crippen LogP contribution in [0.3, 0.4) is 0 Å². The van der Waals surface area contributed by atoms with E-state index < -0.39 is 0 Å². The molecule has 180 valence electrons. The van der Waals surface area contributed by atoms with E-state index in [0.717, 1.165) is 37.1 Å². The quantitative estimate of drug-likeness (QED) is 0.0731. The van der Waals surface area contributed by atoms with Gasteiger partial charge in [-0.25, -0.2) is 9.97 Å². The van der Waals surface area contributed by atoms with Gasteiger partial charge in [0.2, 0.25) is 5.28 Å². The molecule has 0 aliphatic carbocycles. The lowest BCUT2D eigenvalue weighted by molar-refractivity contribution is -0.140. The van der Waals surface area contributed by atoms with E-state index in [9.17, 15) is 4.79 Å². The van der Waals surface area contributed by atoms with Crippen molar-refractivity contribution in [2.75, 3.05) is 7.11 Å². The Morgan fingerprint density at radius 3 is 1.88 bits per heavy atom. The summed E-state index contributed by atoms with van der Waals surface area (Å²) in [6.45, 7) is 0.808. The van der Waals surface area contributed by atoms with E-state index in [2.05, 4.69) is 19.7 Å². The first-order valence-corrected chi connectivity index (χ1v) is 13.1. The van der Waals surface area contributed by atoms with Gasteiger partial charge in [-0.3, -0.25) is 4.79 Å². The number of alkyl halides is 1. The summed E-state index contributed by atoms with van der Waals surface area (Å²) in [5, 5.41) is 0.425. The number of unbranched alkanes of at least 4 members (excludes halogenated alkanes) is 12. The summed E-state index contributed by atoms with van der Waals surface area (Å²) >= 11 is 18.2. The monoisotopic (exact) mass is 504 g/mol. The van der Waals surface area contributed by atoms with Crippen molar-refractivity contribution in [1.29, 1.82) is 0 Å². The molecule has 0 saturated heterocycles. The number of methoxy groups -OCH3 is 1. The second kappa shape index (κ2) is 15.7. The molecule has 6 nitrogen and oxygen atoms in total. The zero-order valence-corrected chi connectivity index (χ0v) is 21.3. The van der Waals surface area contributed by atoms with Gasteiger partial charge in [-0.15, -0.1) is 11.6 Å². The first-order chi connectivity index (χ1) is 15.6. The van der Waals surface area contributed by atoms with Crippen LogP contribution in [0.15, 0.2) is 0 Å². The molecule has 2 rings (SSSR count). The Morgan fingerprint density at radius 2 is 1.34 bits per heavy atom. The Hall–Kier alpha value is -1.11. The average molecular weight is 506 g/mol. The smallest absolute Gasteiger partial charge is 0.305 e. The molecule has 32 heavy (non-hydrogen) atoms. The van der Waals surface area contributed by atoms with Crippen LogP contribution in [0, 0.1) is 0 Å². The lowest BCUT2D eigenvalue weighted by atomic mass is 10.0. The van der Waals surface area contributed by atoms with Gasteiger partial charge in [0.15, 0.2) is 10.8 Å². The molecule has 0 amide bonds. The number of aromatic nitrogens is 4. The Bertz CT molecular complexity index is 829. The molecule has 0 atom stereocenters. The highest BCUT2D eigenvalue weighted by Crippen LogP contribution is 2.25. The number of imidazole rings is 1. The summed E-state index contributed by atoms with van der Waals surface area (Å²) in [5.41, 5.74) is 1.22. The maximum atomic E-state index is 11.0. The van der Waals surface area contributed by atoms with Gasteiger partial charge in [-0.05, 0) is 24.4 Å². The van der Waals surface area contributed by atoms with Crippen LogP contribution in [0.1, 0.15) is 95.7 Å². The number of esters is 1. The van der Waals surface area contributed by atoms with Gasteiger partial charge in [0.05, 0.1) is 13.0 Å². The minimum Gasteiger partial charge on any atom is -0.469 e. The number of aryl methyl sites for hydroxylation is 1. The summed E-state index contributed by atoms with van der Waals surface area (Å²) in [5.74, 6) is 0.964. The molecule has 0 aliphatic rings. The van der Waals surface area contributed by atoms with Crippen LogP contribution in [0.4, 0.5) is 0 Å². The number of halogens is 3. The van der Waals surface area contributed by atoms with Gasteiger partial charge < -0.3 is 9.30 Å². The van der Waals surface area contributed by atoms with Crippen LogP contribution in [-0.2, 0) is 22.0 Å². The third kappa shape index (κ3) is 9.40. The SMILES string of the molecule is COC(=O)CCCCCCCCCCCCCCCn1c(CCl)nc2nc(Cl)nc(Cl)c21. The van der Waals surface area contributed by atoms with Crippen molar-refractivity contribution in [2.24, 2.45) is 0 Å². The van der Waals surface area contributed by atoms with Crippen molar-refractivity contribution < 1.29 is 9.53 Å². The van der Waals surface area contributed by atoms with Crippen LogP contribution >= 0.6 is 34.8 Å². The Balaban J connectivity index is 1.49. The minimum atomic E-state index is -0.0930. The van der Waals surface area contributed by atoms with Crippen molar-refractivity contribution in [1.82, 2.24) is 19.5 Å². The number of rotatable bonds is 17. The molecular weight excluding hydrogens is 471 g/mol.